The van der Waals surface area contributed by atoms with E-state index >= 15 is 0 Å². The molecular weight excluding hydrogens is 723 g/mol. The van der Waals surface area contributed by atoms with Crippen LogP contribution in [-0.4, -0.2) is 11.9 Å². The Hall–Kier alpha value is -6.70. The Morgan fingerprint density at radius 3 is 2.12 bits per heavy atom. The molecule has 1 heteroatoms. The van der Waals surface area contributed by atoms with Gasteiger partial charge >= 0.3 is 0 Å². The van der Waals surface area contributed by atoms with Gasteiger partial charge in [0.05, 0.1) is 11.5 Å². The van der Waals surface area contributed by atoms with Crippen LogP contribution in [0.1, 0.15) is 97.2 Å². The maximum absolute atomic E-state index is 4.57. The minimum Gasteiger partial charge on any atom is -0.367 e. The molecule has 0 amide bonds. The van der Waals surface area contributed by atoms with Crippen LogP contribution < -0.4 is 0 Å². The highest BCUT2D eigenvalue weighted by Gasteiger charge is 2.47. The van der Waals surface area contributed by atoms with E-state index in [2.05, 4.69) is 239 Å². The zero-order valence-corrected chi connectivity index (χ0v) is 36.3. The van der Waals surface area contributed by atoms with Crippen molar-refractivity contribution in [2.75, 3.05) is 7.05 Å². The third-order valence-electron chi connectivity index (χ3n) is 11.5. The lowest BCUT2D eigenvalue weighted by Gasteiger charge is -2.37. The molecule has 60 heavy (non-hydrogen) atoms. The van der Waals surface area contributed by atoms with E-state index in [9.17, 15) is 0 Å². The Bertz CT molecular complexity index is 2550. The summed E-state index contributed by atoms with van der Waals surface area (Å²) in [4.78, 5) is 2.41. The second kappa shape index (κ2) is 20.3. The molecule has 1 nitrogen and oxygen atoms in total. The first-order valence-corrected chi connectivity index (χ1v) is 21.3. The van der Waals surface area contributed by atoms with Gasteiger partial charge in [-0.15, -0.1) is 0 Å². The summed E-state index contributed by atoms with van der Waals surface area (Å²) >= 11 is 0. The van der Waals surface area contributed by atoms with Gasteiger partial charge in [-0.3, -0.25) is 0 Å². The fourth-order valence-corrected chi connectivity index (χ4v) is 8.56. The topological polar surface area (TPSA) is 3.24 Å². The third-order valence-corrected chi connectivity index (χ3v) is 11.5. The SMILES string of the molecule is C=CC1=C(/C=C\C)c2ccc(C(C)N(C)/C(=C\C(=C)c3ccccc3)c3cccc(C4=CC=CC4)c3)cc2C1(c1ccccc1)c1ccccc1C=C/C=C\C=C/C.CC. The van der Waals surface area contributed by atoms with Crippen molar-refractivity contribution in [3.63, 3.8) is 0 Å². The van der Waals surface area contributed by atoms with Crippen molar-refractivity contribution in [1.82, 2.24) is 4.90 Å². The lowest BCUT2D eigenvalue weighted by molar-refractivity contribution is 0.381. The molecule has 2 unspecified atom stereocenters. The van der Waals surface area contributed by atoms with E-state index in [-0.39, 0.29) is 6.04 Å². The summed E-state index contributed by atoms with van der Waals surface area (Å²) in [6.45, 7) is 19.5. The molecular formula is C59H59N. The van der Waals surface area contributed by atoms with Gasteiger partial charge < -0.3 is 4.90 Å². The molecule has 2 aliphatic carbocycles. The second-order valence-corrected chi connectivity index (χ2v) is 14.9. The molecule has 0 spiro atoms. The van der Waals surface area contributed by atoms with Crippen LogP contribution in [0.5, 0.6) is 0 Å². The van der Waals surface area contributed by atoms with E-state index in [0.717, 1.165) is 34.4 Å². The van der Waals surface area contributed by atoms with Crippen LogP contribution >= 0.6 is 0 Å². The zero-order chi connectivity index (χ0) is 42.5. The molecule has 2 atom stereocenters. The molecule has 0 aliphatic heterocycles. The first-order chi connectivity index (χ1) is 29.4. The molecule has 0 radical (unpaired) electrons. The number of hydrogen-bond acceptors (Lipinski definition) is 1. The van der Waals surface area contributed by atoms with Gasteiger partial charge in [-0.2, -0.15) is 0 Å². The van der Waals surface area contributed by atoms with Gasteiger partial charge in [0.2, 0.25) is 0 Å². The predicted octanol–water partition coefficient (Wildman–Crippen LogP) is 15.8. The van der Waals surface area contributed by atoms with Crippen LogP contribution in [-0.2, 0) is 5.41 Å². The molecule has 0 heterocycles. The number of nitrogens with zero attached hydrogens (tertiary/aromatic N) is 1. The smallest absolute Gasteiger partial charge is 0.0719 e. The first-order valence-electron chi connectivity index (χ1n) is 21.3. The number of fused-ring (bicyclic) bond motifs is 1. The Morgan fingerprint density at radius 2 is 1.42 bits per heavy atom. The molecule has 0 N–H and O–H groups in total. The van der Waals surface area contributed by atoms with E-state index in [1.54, 1.807) is 0 Å². The molecule has 0 bridgehead atoms. The van der Waals surface area contributed by atoms with Crippen molar-refractivity contribution in [3.05, 3.63) is 269 Å². The van der Waals surface area contributed by atoms with Gasteiger partial charge in [0.25, 0.3) is 0 Å². The summed E-state index contributed by atoms with van der Waals surface area (Å²) in [7, 11) is 2.22. The Labute approximate surface area is 360 Å². The van der Waals surface area contributed by atoms with E-state index < -0.39 is 5.41 Å². The monoisotopic (exact) mass is 781 g/mol. The van der Waals surface area contributed by atoms with Gasteiger partial charge in [-0.05, 0) is 112 Å². The normalized spacial score (nSPS) is 16.7. The minimum absolute atomic E-state index is 0.00876. The standard InChI is InChI=1S/C57H53N.C2H6/c1-7-10-11-12-15-30-46-31-22-23-36-54(46)57(50-34-18-14-19-35-50)53(9-3)51(25-8-2)52-38-37-47(41-55(52)57)43(5)58(6)56(39-42(4)44-26-16-13-17-27-44)49-33-24-32-48(40-49)45-28-20-21-29-45;1-2/h7-28,30-41,43H,3-4,29H2,1-2,5-6H3;1-2H3/b10-7-,12-11-,25-8-,30-15?,56-39-;. The molecule has 5 aromatic carbocycles. The summed E-state index contributed by atoms with van der Waals surface area (Å²) in [6, 6.07) is 46.4. The summed E-state index contributed by atoms with van der Waals surface area (Å²) in [5.74, 6) is 0. The molecule has 5 aromatic rings. The third kappa shape index (κ3) is 8.68. The van der Waals surface area contributed by atoms with Crippen LogP contribution in [0.25, 0.3) is 28.5 Å². The minimum atomic E-state index is -0.618. The van der Waals surface area contributed by atoms with Crippen molar-refractivity contribution in [2.24, 2.45) is 0 Å². The van der Waals surface area contributed by atoms with Crippen LogP contribution in [0.3, 0.4) is 0 Å². The Kier molecular flexibility index (Phi) is 14.5. The quantitative estimate of drug-likeness (QED) is 0.101. The van der Waals surface area contributed by atoms with Crippen molar-refractivity contribution in [2.45, 2.75) is 52.5 Å². The average Bonchev–Trinajstić information content (AvgIpc) is 3.95. The van der Waals surface area contributed by atoms with E-state index in [0.29, 0.717) is 0 Å². The maximum Gasteiger partial charge on any atom is 0.0719 e. The molecule has 300 valence electrons. The van der Waals surface area contributed by atoms with Crippen molar-refractivity contribution in [3.8, 4) is 0 Å². The maximum atomic E-state index is 4.57. The van der Waals surface area contributed by atoms with Gasteiger partial charge in [0, 0.05) is 12.7 Å². The van der Waals surface area contributed by atoms with Crippen LogP contribution in [0, 0.1) is 0 Å². The summed E-state index contributed by atoms with van der Waals surface area (Å²) in [6.07, 6.45) is 28.9. The highest BCUT2D eigenvalue weighted by Crippen LogP contribution is 2.56. The summed E-state index contributed by atoms with van der Waals surface area (Å²) < 4.78 is 0. The number of hydrogen-bond donors (Lipinski definition) is 0. The van der Waals surface area contributed by atoms with Gasteiger partial charge in [-0.1, -0.05) is 221 Å². The fourth-order valence-electron chi connectivity index (χ4n) is 8.56. The van der Waals surface area contributed by atoms with E-state index in [1.165, 1.54) is 50.1 Å². The van der Waals surface area contributed by atoms with Crippen molar-refractivity contribution < 1.29 is 0 Å². The Morgan fingerprint density at radius 1 is 0.717 bits per heavy atom. The van der Waals surface area contributed by atoms with Crippen molar-refractivity contribution >= 4 is 28.5 Å². The van der Waals surface area contributed by atoms with Gasteiger partial charge in [0.1, 0.15) is 0 Å². The van der Waals surface area contributed by atoms with Crippen LogP contribution in [0.2, 0.25) is 0 Å². The van der Waals surface area contributed by atoms with Crippen molar-refractivity contribution in [1.29, 1.82) is 0 Å². The average molecular weight is 782 g/mol. The highest BCUT2D eigenvalue weighted by atomic mass is 15.1. The number of benzene rings is 5. The largest absolute Gasteiger partial charge is 0.367 e. The number of rotatable bonds is 14. The molecule has 0 fully saturated rings. The van der Waals surface area contributed by atoms with E-state index in [1.807, 2.05) is 26.8 Å². The van der Waals surface area contributed by atoms with Gasteiger partial charge in [-0.25, -0.2) is 0 Å². The molecule has 0 aromatic heterocycles. The first kappa shape index (κ1) is 42.9. The molecule has 2 aliphatic rings. The van der Waals surface area contributed by atoms with Crippen LogP contribution in [0.15, 0.2) is 219 Å². The lowest BCUT2D eigenvalue weighted by atomic mass is 9.65. The fraction of sp³-hybridized carbons (Fsp3) is 0.153. The predicted molar refractivity (Wildman–Crippen MR) is 263 cm³/mol. The highest BCUT2D eigenvalue weighted by molar-refractivity contribution is 5.93. The second-order valence-electron chi connectivity index (χ2n) is 14.9. The summed E-state index contributed by atoms with van der Waals surface area (Å²) in [5.41, 5.74) is 16.0. The van der Waals surface area contributed by atoms with Crippen LogP contribution in [0.4, 0.5) is 0 Å². The summed E-state index contributed by atoms with van der Waals surface area (Å²) in [5, 5.41) is 0. The Balaban J connectivity index is 0.00000297. The molecule has 7 rings (SSSR count). The lowest BCUT2D eigenvalue weighted by Crippen LogP contribution is -2.31. The number of allylic oxidation sites excluding steroid dienone is 16. The zero-order valence-electron chi connectivity index (χ0n) is 36.3. The molecule has 0 saturated heterocycles. The van der Waals surface area contributed by atoms with E-state index in [4.69, 9.17) is 0 Å². The van der Waals surface area contributed by atoms with Gasteiger partial charge in [0.15, 0.2) is 0 Å². The molecule has 0 saturated carbocycles.